The highest BCUT2D eigenvalue weighted by molar-refractivity contribution is 6.09. The summed E-state index contributed by atoms with van der Waals surface area (Å²) in [4.78, 5) is 4.66. The van der Waals surface area contributed by atoms with Crippen LogP contribution in [0.25, 0.3) is 66.8 Å². The molecule has 0 atom stereocenters. The van der Waals surface area contributed by atoms with Crippen LogP contribution >= 0.6 is 0 Å². The van der Waals surface area contributed by atoms with E-state index >= 15 is 0 Å². The number of hydrogen-bond acceptors (Lipinski definition) is 3. The normalized spacial score (nSPS) is 11.7. The molecule has 0 saturated heterocycles. The topological polar surface area (TPSA) is 44.9 Å². The Morgan fingerprint density at radius 1 is 0.488 bits per heavy atom. The van der Waals surface area contributed by atoms with Gasteiger partial charge < -0.3 is 4.74 Å². The van der Waals surface area contributed by atoms with Crippen molar-refractivity contribution in [3.05, 3.63) is 146 Å². The molecule has 0 bridgehead atoms. The van der Waals surface area contributed by atoms with Crippen LogP contribution < -0.4 is 4.74 Å². The van der Waals surface area contributed by atoms with Crippen LogP contribution in [0.2, 0.25) is 0 Å². The minimum atomic E-state index is 0.742. The van der Waals surface area contributed by atoms with Crippen molar-refractivity contribution in [2.75, 3.05) is 0 Å². The largest absolute Gasteiger partial charge is 0.457 e. The smallest absolute Gasteiger partial charge is 0.137 e. The molecule has 9 rings (SSSR count). The van der Waals surface area contributed by atoms with Gasteiger partial charge in [-0.05, 0) is 65.2 Å². The average Bonchev–Trinajstić information content (AvgIpc) is 3.67. The van der Waals surface area contributed by atoms with Crippen LogP contribution in [0, 0.1) is 0 Å². The standard InChI is InChI=1S/C38H24N4O/c1-2-11-29-27(9-1)28-10-3-4-12-30(28)35-20-22-40-42(35)37-24-26(16-18-32(29)37)43-25-17-19-33-31-13-5-6-14-34(31)41(36(33)23-25)38-15-7-8-21-39-38/h1-24H. The van der Waals surface area contributed by atoms with E-state index < -0.39 is 0 Å². The lowest BCUT2D eigenvalue weighted by atomic mass is 9.88. The van der Waals surface area contributed by atoms with Gasteiger partial charge in [0.1, 0.15) is 17.3 Å². The minimum absolute atomic E-state index is 0.742. The van der Waals surface area contributed by atoms with Gasteiger partial charge in [-0.25, -0.2) is 9.67 Å². The molecule has 4 heterocycles. The number of hydrogen-bond donors (Lipinski definition) is 0. The molecule has 0 saturated carbocycles. The molecule has 0 radical (unpaired) electrons. The van der Waals surface area contributed by atoms with Gasteiger partial charge in [-0.1, -0.05) is 72.8 Å². The van der Waals surface area contributed by atoms with Gasteiger partial charge in [0.2, 0.25) is 0 Å². The molecule has 1 aliphatic heterocycles. The van der Waals surface area contributed by atoms with Gasteiger partial charge in [0.05, 0.1) is 28.6 Å². The van der Waals surface area contributed by atoms with Gasteiger partial charge in [-0.3, -0.25) is 4.57 Å². The van der Waals surface area contributed by atoms with Crippen molar-refractivity contribution in [3.63, 3.8) is 0 Å². The van der Waals surface area contributed by atoms with E-state index in [0.717, 1.165) is 56.2 Å². The lowest BCUT2D eigenvalue weighted by molar-refractivity contribution is 0.483. The molecule has 0 amide bonds. The number of para-hydroxylation sites is 1. The quantitative estimate of drug-likeness (QED) is 0.219. The summed E-state index contributed by atoms with van der Waals surface area (Å²) < 4.78 is 10.8. The number of benzene rings is 5. The molecule has 5 heteroatoms. The molecule has 0 fully saturated rings. The zero-order valence-corrected chi connectivity index (χ0v) is 23.1. The van der Waals surface area contributed by atoms with Crippen LogP contribution in [-0.2, 0) is 0 Å². The van der Waals surface area contributed by atoms with Crippen molar-refractivity contribution in [2.24, 2.45) is 0 Å². The number of aromatic nitrogens is 4. The Morgan fingerprint density at radius 3 is 2.00 bits per heavy atom. The second kappa shape index (κ2) is 9.29. The maximum atomic E-state index is 6.59. The molecular weight excluding hydrogens is 528 g/mol. The molecule has 8 aromatic rings. The zero-order chi connectivity index (χ0) is 28.3. The Morgan fingerprint density at radius 2 is 1.16 bits per heavy atom. The maximum absolute atomic E-state index is 6.59. The summed E-state index contributed by atoms with van der Waals surface area (Å²) in [6.07, 6.45) is 3.69. The molecule has 0 spiro atoms. The first-order valence-corrected chi connectivity index (χ1v) is 14.3. The van der Waals surface area contributed by atoms with E-state index in [1.165, 1.54) is 22.1 Å². The third-order valence-electron chi connectivity index (χ3n) is 8.31. The van der Waals surface area contributed by atoms with Gasteiger partial charge in [-0.2, -0.15) is 5.10 Å². The van der Waals surface area contributed by atoms with Crippen molar-refractivity contribution in [2.45, 2.75) is 0 Å². The number of rotatable bonds is 3. The predicted molar refractivity (Wildman–Crippen MR) is 172 cm³/mol. The summed E-state index contributed by atoms with van der Waals surface area (Å²) in [7, 11) is 0. The van der Waals surface area contributed by atoms with Crippen molar-refractivity contribution >= 4 is 21.8 Å². The molecule has 5 aromatic carbocycles. The second-order valence-corrected chi connectivity index (χ2v) is 10.7. The lowest BCUT2D eigenvalue weighted by Crippen LogP contribution is -2.05. The van der Waals surface area contributed by atoms with E-state index in [-0.39, 0.29) is 0 Å². The molecule has 202 valence electrons. The number of pyridine rings is 1. The fraction of sp³-hybridized carbons (Fsp3) is 0. The molecule has 0 unspecified atom stereocenters. The molecule has 43 heavy (non-hydrogen) atoms. The van der Waals surface area contributed by atoms with Crippen LogP contribution in [0.4, 0.5) is 0 Å². The highest BCUT2D eigenvalue weighted by Gasteiger charge is 2.22. The van der Waals surface area contributed by atoms with Gasteiger partial charge in [0.25, 0.3) is 0 Å². The van der Waals surface area contributed by atoms with E-state index in [2.05, 4.69) is 113 Å². The fourth-order valence-electron chi connectivity index (χ4n) is 6.45. The molecule has 5 nitrogen and oxygen atoms in total. The molecular formula is C38H24N4O. The average molecular weight is 553 g/mol. The van der Waals surface area contributed by atoms with Gasteiger partial charge in [-0.15, -0.1) is 0 Å². The van der Waals surface area contributed by atoms with Crippen LogP contribution in [0.1, 0.15) is 0 Å². The summed E-state index contributed by atoms with van der Waals surface area (Å²) in [5, 5.41) is 7.12. The first-order valence-electron chi connectivity index (χ1n) is 14.3. The Balaban J connectivity index is 1.20. The van der Waals surface area contributed by atoms with Crippen molar-refractivity contribution in [3.8, 4) is 56.5 Å². The number of nitrogens with zero attached hydrogens (tertiary/aromatic N) is 4. The monoisotopic (exact) mass is 552 g/mol. The summed E-state index contributed by atoms with van der Waals surface area (Å²) in [6.45, 7) is 0. The Labute approximate surface area is 247 Å². The first kappa shape index (κ1) is 23.7. The maximum Gasteiger partial charge on any atom is 0.137 e. The number of fused-ring (bicyclic) bond motifs is 11. The SMILES string of the molecule is c1ccc(-n2c3ccccc3c3ccc(Oc4ccc5c(c4)-n4nccc4-c4ccccc4-c4ccccc4-5)cc32)nc1. The summed E-state index contributed by atoms with van der Waals surface area (Å²) in [5.41, 5.74) is 10.00. The number of ether oxygens (including phenoxy) is 1. The second-order valence-electron chi connectivity index (χ2n) is 10.7. The van der Waals surface area contributed by atoms with Crippen LogP contribution in [0.3, 0.4) is 0 Å². The third kappa shape index (κ3) is 3.65. The van der Waals surface area contributed by atoms with Crippen molar-refractivity contribution in [1.29, 1.82) is 0 Å². The highest BCUT2D eigenvalue weighted by atomic mass is 16.5. The molecule has 1 aliphatic rings. The van der Waals surface area contributed by atoms with E-state index in [0.29, 0.717) is 0 Å². The van der Waals surface area contributed by atoms with Crippen molar-refractivity contribution in [1.82, 2.24) is 19.3 Å². The Kier molecular flexibility index (Phi) is 5.13. The highest BCUT2D eigenvalue weighted by Crippen LogP contribution is 2.44. The molecule has 0 N–H and O–H groups in total. The zero-order valence-electron chi connectivity index (χ0n) is 23.1. The van der Waals surface area contributed by atoms with E-state index in [1.807, 2.05) is 47.4 Å². The summed E-state index contributed by atoms with van der Waals surface area (Å²) in [6, 6.07) is 46.2. The van der Waals surface area contributed by atoms with Crippen LogP contribution in [-0.4, -0.2) is 19.3 Å². The Hall–Kier alpha value is -5.94. The van der Waals surface area contributed by atoms with Gasteiger partial charge >= 0.3 is 0 Å². The van der Waals surface area contributed by atoms with E-state index in [1.54, 1.807) is 0 Å². The van der Waals surface area contributed by atoms with Crippen LogP contribution in [0.5, 0.6) is 11.5 Å². The first-order chi connectivity index (χ1) is 21.3. The Bertz CT molecular complexity index is 2330. The predicted octanol–water partition coefficient (Wildman–Crippen LogP) is 9.47. The van der Waals surface area contributed by atoms with Crippen molar-refractivity contribution < 1.29 is 4.74 Å². The summed E-state index contributed by atoms with van der Waals surface area (Å²) >= 11 is 0. The van der Waals surface area contributed by atoms with Crippen LogP contribution in [0.15, 0.2) is 146 Å². The fourth-order valence-corrected chi connectivity index (χ4v) is 6.45. The minimum Gasteiger partial charge on any atom is -0.457 e. The third-order valence-corrected chi connectivity index (χ3v) is 8.31. The van der Waals surface area contributed by atoms with E-state index in [9.17, 15) is 0 Å². The molecule has 0 aliphatic carbocycles. The van der Waals surface area contributed by atoms with Gasteiger partial charge in [0.15, 0.2) is 0 Å². The van der Waals surface area contributed by atoms with Gasteiger partial charge in [0, 0.05) is 40.2 Å². The summed E-state index contributed by atoms with van der Waals surface area (Å²) in [5.74, 6) is 2.37. The van der Waals surface area contributed by atoms with E-state index in [4.69, 9.17) is 9.84 Å². The molecule has 3 aromatic heterocycles. The lowest BCUT2D eigenvalue weighted by Gasteiger charge is -2.22.